The summed E-state index contributed by atoms with van der Waals surface area (Å²) in [5, 5.41) is 8.85. The van der Waals surface area contributed by atoms with Gasteiger partial charge in [-0.1, -0.05) is 47.2 Å². The summed E-state index contributed by atoms with van der Waals surface area (Å²) in [6.45, 7) is 10.3. The van der Waals surface area contributed by atoms with E-state index in [1.54, 1.807) is 11.8 Å². The molecule has 1 aromatic heterocycles. The van der Waals surface area contributed by atoms with E-state index in [2.05, 4.69) is 22.1 Å². The molecule has 0 aliphatic carbocycles. The third kappa shape index (κ3) is 6.55. The molecule has 6 nitrogen and oxygen atoms in total. The highest BCUT2D eigenvalue weighted by atomic mass is 35.5. The quantitative estimate of drug-likeness (QED) is 0.420. The van der Waals surface area contributed by atoms with Gasteiger partial charge in [0.25, 0.3) is 5.91 Å². The molecule has 0 radical (unpaired) electrons. The van der Waals surface area contributed by atoms with E-state index >= 15 is 0 Å². The third-order valence-electron chi connectivity index (χ3n) is 6.22. The lowest BCUT2D eigenvalue weighted by Crippen LogP contribution is -2.41. The first-order chi connectivity index (χ1) is 17.6. The maximum Gasteiger partial charge on any atom is 0.272 e. The van der Waals surface area contributed by atoms with Crippen LogP contribution in [0.3, 0.4) is 0 Å². The minimum Gasteiger partial charge on any atom is -0.380 e. The summed E-state index contributed by atoms with van der Waals surface area (Å²) < 4.78 is 7.15. The van der Waals surface area contributed by atoms with E-state index < -0.39 is 5.54 Å². The minimum absolute atomic E-state index is 0.241. The van der Waals surface area contributed by atoms with E-state index in [-0.39, 0.29) is 5.91 Å². The van der Waals surface area contributed by atoms with Gasteiger partial charge in [0.2, 0.25) is 0 Å². The molecule has 3 aromatic rings. The zero-order valence-electron chi connectivity index (χ0n) is 21.9. The van der Waals surface area contributed by atoms with Crippen LogP contribution in [0.2, 0.25) is 10.0 Å². The van der Waals surface area contributed by atoms with E-state index in [1.807, 2.05) is 70.2 Å². The normalized spacial score (nSPS) is 15.9. The zero-order chi connectivity index (χ0) is 26.7. The predicted molar refractivity (Wildman–Crippen MR) is 150 cm³/mol. The van der Waals surface area contributed by atoms with Crippen molar-refractivity contribution in [2.45, 2.75) is 45.8 Å². The summed E-state index contributed by atoms with van der Waals surface area (Å²) in [5.41, 5.74) is 3.84. The number of nitrogens with one attached hydrogen (secondary N) is 1. The molecule has 0 saturated carbocycles. The maximum absolute atomic E-state index is 13.1. The monoisotopic (exact) mass is 538 g/mol. The second-order valence-electron chi connectivity index (χ2n) is 10.3. The molecule has 37 heavy (non-hydrogen) atoms. The van der Waals surface area contributed by atoms with E-state index in [4.69, 9.17) is 33.0 Å². The minimum atomic E-state index is -0.398. The van der Waals surface area contributed by atoms with Crippen molar-refractivity contribution in [1.82, 2.24) is 20.0 Å². The molecule has 8 heteroatoms. The highest BCUT2D eigenvalue weighted by molar-refractivity contribution is 6.32. The van der Waals surface area contributed by atoms with Crippen molar-refractivity contribution >= 4 is 29.1 Å². The number of ether oxygens (including phenoxy) is 1. The van der Waals surface area contributed by atoms with Gasteiger partial charge in [-0.2, -0.15) is 5.10 Å². The number of halogens is 2. The number of rotatable bonds is 5. The SMILES string of the molecule is CO[C@@H]1CCN(CC#Cc2ccc(-n3nc(C(=O)NC(C)(C)C)c(C)c3-c3ccc(Cl)cc3)c(Cl)c2)C1. The fourth-order valence-corrected chi connectivity index (χ4v) is 4.76. The van der Waals surface area contributed by atoms with Crippen LogP contribution in [-0.4, -0.2) is 59.0 Å². The van der Waals surface area contributed by atoms with Crippen molar-refractivity contribution in [3.05, 3.63) is 69.3 Å². The van der Waals surface area contributed by atoms with Crippen molar-refractivity contribution in [2.75, 3.05) is 26.7 Å². The molecule has 2 heterocycles. The molecule has 1 amide bonds. The molecule has 2 aromatic carbocycles. The molecule has 4 rings (SSSR count). The van der Waals surface area contributed by atoms with E-state index in [1.165, 1.54) is 0 Å². The van der Waals surface area contributed by atoms with Gasteiger partial charge in [-0.15, -0.1) is 0 Å². The highest BCUT2D eigenvalue weighted by Crippen LogP contribution is 2.32. The molecule has 1 fully saturated rings. The number of nitrogens with zero attached hydrogens (tertiary/aromatic N) is 3. The lowest BCUT2D eigenvalue weighted by molar-refractivity contribution is 0.0913. The Balaban J connectivity index is 1.68. The standard InChI is InChI=1S/C29H32Cl2N4O2/c1-19-26(28(36)32-29(2,3)4)33-35(27(19)21-9-11-22(30)12-10-21)25-13-8-20(17-24(25)31)7-6-15-34-16-14-23(18-34)37-5/h8-13,17,23H,14-16,18H2,1-5H3,(H,32,36)/t23-/m1/s1. The van der Waals surface area contributed by atoms with Crippen LogP contribution in [0, 0.1) is 18.8 Å². The highest BCUT2D eigenvalue weighted by Gasteiger charge is 2.25. The van der Waals surface area contributed by atoms with Gasteiger partial charge in [0, 0.05) is 47.5 Å². The molecular formula is C29H32Cl2N4O2. The van der Waals surface area contributed by atoms with Crippen LogP contribution in [-0.2, 0) is 4.74 Å². The summed E-state index contributed by atoms with van der Waals surface area (Å²) in [7, 11) is 1.75. The second-order valence-corrected chi connectivity index (χ2v) is 11.1. The summed E-state index contributed by atoms with van der Waals surface area (Å²) >= 11 is 12.9. The Kier molecular flexibility index (Phi) is 8.30. The lowest BCUT2D eigenvalue weighted by Gasteiger charge is -2.19. The number of methoxy groups -OCH3 is 1. The molecule has 194 valence electrons. The van der Waals surface area contributed by atoms with Gasteiger partial charge in [0.1, 0.15) is 0 Å². The van der Waals surface area contributed by atoms with Gasteiger partial charge in [-0.05, 0) is 64.4 Å². The third-order valence-corrected chi connectivity index (χ3v) is 6.77. The number of aromatic nitrogens is 2. The van der Waals surface area contributed by atoms with Gasteiger partial charge in [-0.3, -0.25) is 9.69 Å². The van der Waals surface area contributed by atoms with E-state index in [0.29, 0.717) is 34.1 Å². The summed E-state index contributed by atoms with van der Waals surface area (Å²) in [6.07, 6.45) is 1.33. The van der Waals surface area contributed by atoms with Gasteiger partial charge in [0.05, 0.1) is 29.1 Å². The van der Waals surface area contributed by atoms with Crippen LogP contribution < -0.4 is 5.32 Å². The van der Waals surface area contributed by atoms with E-state index in [9.17, 15) is 4.79 Å². The molecule has 1 saturated heterocycles. The van der Waals surface area contributed by atoms with Gasteiger partial charge in [-0.25, -0.2) is 4.68 Å². The lowest BCUT2D eigenvalue weighted by atomic mass is 10.0. The molecule has 1 atom stereocenters. The van der Waals surface area contributed by atoms with Crippen LogP contribution >= 0.6 is 23.2 Å². The summed E-state index contributed by atoms with van der Waals surface area (Å²) in [4.78, 5) is 15.4. The molecule has 0 bridgehead atoms. The summed E-state index contributed by atoms with van der Waals surface area (Å²) in [6, 6.07) is 13.1. The molecule has 1 aliphatic heterocycles. The van der Waals surface area contributed by atoms with Crippen LogP contribution in [0.15, 0.2) is 42.5 Å². The van der Waals surface area contributed by atoms with Crippen LogP contribution in [0.1, 0.15) is 48.8 Å². The number of hydrogen-bond acceptors (Lipinski definition) is 4. The Hall–Kier alpha value is -2.82. The molecular weight excluding hydrogens is 507 g/mol. The zero-order valence-corrected chi connectivity index (χ0v) is 23.4. The number of hydrogen-bond donors (Lipinski definition) is 1. The van der Waals surface area contributed by atoms with Gasteiger partial charge < -0.3 is 10.1 Å². The van der Waals surface area contributed by atoms with Crippen molar-refractivity contribution in [3.63, 3.8) is 0 Å². The Morgan fingerprint density at radius 1 is 1.19 bits per heavy atom. The average molecular weight is 540 g/mol. The van der Waals surface area contributed by atoms with E-state index in [0.717, 1.165) is 41.9 Å². The predicted octanol–water partition coefficient (Wildman–Crippen LogP) is 5.76. The van der Waals surface area contributed by atoms with Crippen molar-refractivity contribution in [3.8, 4) is 28.8 Å². The van der Waals surface area contributed by atoms with Crippen LogP contribution in [0.4, 0.5) is 0 Å². The fraction of sp³-hybridized carbons (Fsp3) is 0.379. The van der Waals surface area contributed by atoms with Crippen molar-refractivity contribution < 1.29 is 9.53 Å². The number of benzene rings is 2. The Bertz CT molecular complexity index is 1350. The van der Waals surface area contributed by atoms with Gasteiger partial charge >= 0.3 is 0 Å². The van der Waals surface area contributed by atoms with Crippen molar-refractivity contribution in [1.29, 1.82) is 0 Å². The van der Waals surface area contributed by atoms with Crippen molar-refractivity contribution in [2.24, 2.45) is 0 Å². The van der Waals surface area contributed by atoms with Gasteiger partial charge in [0.15, 0.2) is 5.69 Å². The summed E-state index contributed by atoms with van der Waals surface area (Å²) in [5.74, 6) is 6.21. The first-order valence-corrected chi connectivity index (χ1v) is 13.0. The number of likely N-dealkylation sites (tertiary alicyclic amines) is 1. The maximum atomic E-state index is 13.1. The Morgan fingerprint density at radius 3 is 2.54 bits per heavy atom. The number of carbonyl (C=O) groups excluding carboxylic acids is 1. The fourth-order valence-electron chi connectivity index (χ4n) is 4.38. The molecule has 0 spiro atoms. The first kappa shape index (κ1) is 27.2. The number of carbonyl (C=O) groups is 1. The molecule has 1 aliphatic rings. The Labute approximate surface area is 228 Å². The molecule has 0 unspecified atom stereocenters. The average Bonchev–Trinajstić information content (AvgIpc) is 3.43. The number of amides is 1. The smallest absolute Gasteiger partial charge is 0.272 e. The second kappa shape index (κ2) is 11.3. The first-order valence-electron chi connectivity index (χ1n) is 12.3. The van der Waals surface area contributed by atoms with Crippen LogP contribution in [0.25, 0.3) is 16.9 Å². The van der Waals surface area contributed by atoms with Crippen LogP contribution in [0.5, 0.6) is 0 Å². The topological polar surface area (TPSA) is 59.4 Å². The largest absolute Gasteiger partial charge is 0.380 e. The Morgan fingerprint density at radius 2 is 1.92 bits per heavy atom. The molecule has 1 N–H and O–H groups in total.